The zero-order valence-electron chi connectivity index (χ0n) is 25.5. The SMILES string of the molecule is COc1ccc(C(=O)C2CCN(C(=O)c3ccc(C(=O)NC4[C@H](C)CN(Cc5ccc(C#N)cc5)C[C@@H]4C)cn3)CC2)cc1. The lowest BCUT2D eigenvalue weighted by atomic mass is 9.85. The second-order valence-electron chi connectivity index (χ2n) is 12.0. The summed E-state index contributed by atoms with van der Waals surface area (Å²) in [6.07, 6.45) is 2.66. The van der Waals surface area contributed by atoms with E-state index in [4.69, 9.17) is 10.00 Å². The van der Waals surface area contributed by atoms with Gasteiger partial charge in [-0.15, -0.1) is 0 Å². The standard InChI is InChI=1S/C35H39N5O4/c1-23-20-39(22-26-6-4-25(18-36)5-7-26)21-24(2)32(23)38-34(42)29-10-13-31(37-19-29)35(43)40-16-14-28(15-17-40)33(41)27-8-11-30(44-3)12-9-27/h4-13,19,23-24,28,32H,14-17,20-22H2,1-3H3,(H,38,42)/t23-,24+,32?. The maximum absolute atomic E-state index is 13.1. The molecule has 1 N–H and O–H groups in total. The fourth-order valence-electron chi connectivity index (χ4n) is 6.42. The summed E-state index contributed by atoms with van der Waals surface area (Å²) in [5, 5.41) is 12.2. The molecule has 2 aliphatic heterocycles. The highest BCUT2D eigenvalue weighted by molar-refractivity contribution is 5.99. The van der Waals surface area contributed by atoms with Gasteiger partial charge in [0.05, 0.1) is 24.3 Å². The van der Waals surface area contributed by atoms with Crippen LogP contribution in [-0.4, -0.2) is 71.7 Å². The first-order chi connectivity index (χ1) is 21.2. The fourth-order valence-corrected chi connectivity index (χ4v) is 6.42. The molecule has 3 atom stereocenters. The molecule has 5 rings (SSSR count). The molecular formula is C35H39N5O4. The highest BCUT2D eigenvalue weighted by Gasteiger charge is 2.33. The molecule has 3 aromatic rings. The number of nitrogens with one attached hydrogen (secondary N) is 1. The average Bonchev–Trinajstić information content (AvgIpc) is 3.06. The largest absolute Gasteiger partial charge is 0.497 e. The van der Waals surface area contributed by atoms with Gasteiger partial charge in [0.1, 0.15) is 11.4 Å². The van der Waals surface area contributed by atoms with Crippen LogP contribution < -0.4 is 10.1 Å². The number of ether oxygens (including phenoxy) is 1. The van der Waals surface area contributed by atoms with Crippen molar-refractivity contribution in [2.45, 2.75) is 39.3 Å². The Labute approximate surface area is 258 Å². The van der Waals surface area contributed by atoms with Gasteiger partial charge in [-0.2, -0.15) is 5.26 Å². The van der Waals surface area contributed by atoms with Crippen molar-refractivity contribution in [2.75, 3.05) is 33.3 Å². The Morgan fingerprint density at radius 1 is 0.932 bits per heavy atom. The Morgan fingerprint density at radius 3 is 2.14 bits per heavy atom. The van der Waals surface area contributed by atoms with Gasteiger partial charge in [0.15, 0.2) is 5.78 Å². The number of carbonyl (C=O) groups excluding carboxylic acids is 3. The molecule has 3 heterocycles. The molecule has 2 aliphatic rings. The first kappa shape index (κ1) is 30.9. The van der Waals surface area contributed by atoms with Crippen LogP contribution in [0, 0.1) is 29.1 Å². The second kappa shape index (κ2) is 13.8. The Balaban J connectivity index is 1.11. The quantitative estimate of drug-likeness (QED) is 0.380. The number of hydrogen-bond donors (Lipinski definition) is 1. The molecule has 0 saturated carbocycles. The number of methoxy groups -OCH3 is 1. The summed E-state index contributed by atoms with van der Waals surface area (Å²) in [7, 11) is 1.59. The third-order valence-corrected chi connectivity index (χ3v) is 8.88. The molecule has 2 aromatic carbocycles. The number of pyridine rings is 1. The highest BCUT2D eigenvalue weighted by atomic mass is 16.5. The van der Waals surface area contributed by atoms with Crippen molar-refractivity contribution >= 4 is 17.6 Å². The molecule has 0 bridgehead atoms. The minimum Gasteiger partial charge on any atom is -0.497 e. The number of piperidine rings is 2. The summed E-state index contributed by atoms with van der Waals surface area (Å²) in [5.74, 6) is 0.777. The number of ketones is 1. The highest BCUT2D eigenvalue weighted by Crippen LogP contribution is 2.26. The Hall–Kier alpha value is -4.55. The molecule has 0 radical (unpaired) electrons. The lowest BCUT2D eigenvalue weighted by Crippen LogP contribution is -2.54. The molecule has 2 amide bonds. The van der Waals surface area contributed by atoms with Crippen LogP contribution in [0.25, 0.3) is 0 Å². The maximum atomic E-state index is 13.1. The van der Waals surface area contributed by atoms with E-state index in [9.17, 15) is 14.4 Å². The van der Waals surface area contributed by atoms with Gasteiger partial charge in [-0.3, -0.25) is 24.3 Å². The molecule has 0 aliphatic carbocycles. The summed E-state index contributed by atoms with van der Waals surface area (Å²) in [4.78, 5) is 47.7. The minimum atomic E-state index is -0.196. The molecule has 228 valence electrons. The number of likely N-dealkylation sites (tertiary alicyclic amines) is 2. The maximum Gasteiger partial charge on any atom is 0.272 e. The zero-order valence-corrected chi connectivity index (χ0v) is 25.5. The first-order valence-electron chi connectivity index (χ1n) is 15.2. The molecule has 9 nitrogen and oxygen atoms in total. The number of nitrogens with zero attached hydrogens (tertiary/aromatic N) is 4. The molecule has 2 fully saturated rings. The van der Waals surface area contributed by atoms with Crippen molar-refractivity contribution in [3.63, 3.8) is 0 Å². The monoisotopic (exact) mass is 593 g/mol. The summed E-state index contributed by atoms with van der Waals surface area (Å²) >= 11 is 0. The summed E-state index contributed by atoms with van der Waals surface area (Å²) in [6, 6.07) is 20.3. The lowest BCUT2D eigenvalue weighted by molar-refractivity contribution is 0.0645. The predicted octanol–water partition coefficient (Wildman–Crippen LogP) is 4.58. The van der Waals surface area contributed by atoms with E-state index in [0.717, 1.165) is 25.2 Å². The summed E-state index contributed by atoms with van der Waals surface area (Å²) in [5.41, 5.74) is 3.19. The van der Waals surface area contributed by atoms with Gasteiger partial charge < -0.3 is 15.0 Å². The zero-order chi connectivity index (χ0) is 31.2. The third-order valence-electron chi connectivity index (χ3n) is 8.88. The van der Waals surface area contributed by atoms with Crippen molar-refractivity contribution in [3.8, 4) is 11.8 Å². The number of carbonyl (C=O) groups is 3. The van der Waals surface area contributed by atoms with Crippen LogP contribution >= 0.6 is 0 Å². The molecular weight excluding hydrogens is 554 g/mol. The van der Waals surface area contributed by atoms with Gasteiger partial charge in [0.25, 0.3) is 11.8 Å². The van der Waals surface area contributed by atoms with E-state index in [1.165, 1.54) is 6.20 Å². The van der Waals surface area contributed by atoms with Gasteiger partial charge in [-0.1, -0.05) is 26.0 Å². The molecule has 0 spiro atoms. The predicted molar refractivity (Wildman–Crippen MR) is 166 cm³/mol. The van der Waals surface area contributed by atoms with Crippen molar-refractivity contribution < 1.29 is 19.1 Å². The molecule has 9 heteroatoms. The van der Waals surface area contributed by atoms with Crippen LogP contribution in [0.1, 0.15) is 69.0 Å². The van der Waals surface area contributed by atoms with Crippen LogP contribution in [0.5, 0.6) is 5.75 Å². The normalized spacial score (nSPS) is 20.9. The molecule has 1 unspecified atom stereocenters. The van der Waals surface area contributed by atoms with Crippen LogP contribution in [0.2, 0.25) is 0 Å². The summed E-state index contributed by atoms with van der Waals surface area (Å²) < 4.78 is 5.17. The van der Waals surface area contributed by atoms with E-state index in [2.05, 4.69) is 35.1 Å². The van der Waals surface area contributed by atoms with Gasteiger partial charge in [0, 0.05) is 56.4 Å². The van der Waals surface area contributed by atoms with E-state index in [1.807, 2.05) is 24.3 Å². The number of benzene rings is 2. The van der Waals surface area contributed by atoms with Crippen molar-refractivity contribution in [3.05, 3.63) is 94.8 Å². The van der Waals surface area contributed by atoms with E-state index in [1.54, 1.807) is 48.4 Å². The Kier molecular flexibility index (Phi) is 9.71. The van der Waals surface area contributed by atoms with Gasteiger partial charge >= 0.3 is 0 Å². The van der Waals surface area contributed by atoms with Gasteiger partial charge in [-0.25, -0.2) is 0 Å². The topological polar surface area (TPSA) is 116 Å². The Morgan fingerprint density at radius 2 is 1.57 bits per heavy atom. The number of nitriles is 1. The second-order valence-corrected chi connectivity index (χ2v) is 12.0. The van der Waals surface area contributed by atoms with Crippen molar-refractivity contribution in [1.82, 2.24) is 20.1 Å². The van der Waals surface area contributed by atoms with Gasteiger partial charge in [-0.05, 0) is 78.8 Å². The average molecular weight is 594 g/mol. The van der Waals surface area contributed by atoms with E-state index in [0.29, 0.717) is 54.1 Å². The Bertz CT molecular complexity index is 1490. The number of rotatable bonds is 8. The summed E-state index contributed by atoms with van der Waals surface area (Å²) in [6.45, 7) is 7.77. The van der Waals surface area contributed by atoms with Crippen molar-refractivity contribution in [1.29, 1.82) is 5.26 Å². The smallest absolute Gasteiger partial charge is 0.272 e. The molecule has 2 saturated heterocycles. The van der Waals surface area contributed by atoms with Crippen LogP contribution in [0.15, 0.2) is 66.9 Å². The van der Waals surface area contributed by atoms with Gasteiger partial charge in [0.2, 0.25) is 0 Å². The number of amides is 2. The fraction of sp³-hybridized carbons (Fsp3) is 0.400. The number of hydrogen-bond acceptors (Lipinski definition) is 7. The van der Waals surface area contributed by atoms with E-state index >= 15 is 0 Å². The third kappa shape index (κ3) is 7.14. The molecule has 44 heavy (non-hydrogen) atoms. The molecule has 1 aromatic heterocycles. The van der Waals surface area contributed by atoms with Crippen LogP contribution in [0.3, 0.4) is 0 Å². The number of aromatic nitrogens is 1. The minimum absolute atomic E-state index is 0.0166. The van der Waals surface area contributed by atoms with Crippen molar-refractivity contribution in [2.24, 2.45) is 17.8 Å². The first-order valence-corrected chi connectivity index (χ1v) is 15.2. The number of Topliss-reactive ketones (excluding diaryl/α,β-unsaturated/α-hetero) is 1. The van der Waals surface area contributed by atoms with Crippen LogP contribution in [-0.2, 0) is 6.54 Å². The van der Waals surface area contributed by atoms with E-state index in [-0.39, 0.29) is 41.4 Å². The lowest BCUT2D eigenvalue weighted by Gasteiger charge is -2.41. The van der Waals surface area contributed by atoms with Crippen LogP contribution in [0.4, 0.5) is 0 Å². The van der Waals surface area contributed by atoms with E-state index < -0.39 is 0 Å².